The van der Waals surface area contributed by atoms with Gasteiger partial charge in [-0.2, -0.15) is 0 Å². The molecule has 0 spiro atoms. The number of piperidine rings is 1. The highest BCUT2D eigenvalue weighted by Crippen LogP contribution is 2.34. The van der Waals surface area contributed by atoms with Gasteiger partial charge in [-0.3, -0.25) is 9.59 Å². The Morgan fingerprint density at radius 1 is 1.10 bits per heavy atom. The van der Waals surface area contributed by atoms with Crippen molar-refractivity contribution in [3.8, 4) is 0 Å². The second-order valence-electron chi connectivity index (χ2n) is 7.89. The quantitative estimate of drug-likeness (QED) is 0.805. The molecule has 1 fully saturated rings. The number of fused-ring (bicyclic) bond motifs is 4. The number of pyridine rings is 1. The van der Waals surface area contributed by atoms with E-state index in [0.717, 1.165) is 24.2 Å². The number of likely N-dealkylation sites (tertiary alicyclic amines) is 1. The maximum atomic E-state index is 13.3. The van der Waals surface area contributed by atoms with E-state index < -0.39 is 23.6 Å². The number of carbonyl (C=O) groups excluding carboxylic acids is 2. The third-order valence-corrected chi connectivity index (χ3v) is 5.69. The maximum Gasteiger partial charge on any atom is 0.318 e. The van der Waals surface area contributed by atoms with Gasteiger partial charge in [0.15, 0.2) is 11.6 Å². The van der Waals surface area contributed by atoms with Crippen LogP contribution in [0.15, 0.2) is 41.2 Å². The summed E-state index contributed by atoms with van der Waals surface area (Å²) in [6, 6.07) is 7.00. The van der Waals surface area contributed by atoms with Crippen molar-refractivity contribution in [2.24, 2.45) is 5.92 Å². The summed E-state index contributed by atoms with van der Waals surface area (Å²) in [5.74, 6) is -2.36. The average molecular weight is 416 g/mol. The van der Waals surface area contributed by atoms with Gasteiger partial charge in [-0.1, -0.05) is 6.07 Å². The second kappa shape index (κ2) is 7.89. The largest absolute Gasteiger partial charge is 0.326 e. The van der Waals surface area contributed by atoms with Crippen LogP contribution in [-0.2, 0) is 11.3 Å². The zero-order valence-corrected chi connectivity index (χ0v) is 16.4. The molecule has 30 heavy (non-hydrogen) atoms. The summed E-state index contributed by atoms with van der Waals surface area (Å²) >= 11 is 0. The van der Waals surface area contributed by atoms with E-state index in [9.17, 15) is 23.2 Å². The standard InChI is InChI=1S/C21H22F2N4O3/c1-12(20(29)25-15-5-6-16(22)17(23)8-15)24-21(30)26-9-13-7-14(11-26)18-3-2-4-19(28)27(18)10-13/h2-6,8,12-14H,7,9-11H2,1H3,(H,24,30)(H,25,29)/t12-,13-,14+/m0/s1. The number of carbonyl (C=O) groups is 2. The summed E-state index contributed by atoms with van der Waals surface area (Å²) in [6.45, 7) is 3.05. The van der Waals surface area contributed by atoms with Crippen LogP contribution in [0, 0.1) is 17.6 Å². The maximum absolute atomic E-state index is 13.3. The molecule has 2 aliphatic rings. The highest BCUT2D eigenvalue weighted by Gasteiger charge is 2.36. The number of hydrogen-bond acceptors (Lipinski definition) is 3. The predicted molar refractivity (Wildman–Crippen MR) is 106 cm³/mol. The van der Waals surface area contributed by atoms with E-state index >= 15 is 0 Å². The van der Waals surface area contributed by atoms with E-state index in [1.807, 2.05) is 6.07 Å². The van der Waals surface area contributed by atoms with E-state index in [0.29, 0.717) is 19.6 Å². The molecular weight excluding hydrogens is 394 g/mol. The van der Waals surface area contributed by atoms with Crippen molar-refractivity contribution in [2.45, 2.75) is 31.8 Å². The molecule has 1 saturated heterocycles. The molecule has 158 valence electrons. The number of amides is 3. The van der Waals surface area contributed by atoms with Crippen LogP contribution < -0.4 is 16.2 Å². The number of nitrogens with zero attached hydrogens (tertiary/aromatic N) is 2. The smallest absolute Gasteiger partial charge is 0.318 e. The van der Waals surface area contributed by atoms with E-state index in [-0.39, 0.29) is 29.1 Å². The normalized spacial score (nSPS) is 20.8. The van der Waals surface area contributed by atoms with Crippen molar-refractivity contribution in [3.05, 3.63) is 64.1 Å². The Morgan fingerprint density at radius 3 is 2.67 bits per heavy atom. The summed E-state index contributed by atoms with van der Waals surface area (Å²) in [5, 5.41) is 5.12. The van der Waals surface area contributed by atoms with Crippen molar-refractivity contribution in [1.82, 2.24) is 14.8 Å². The molecule has 0 saturated carbocycles. The molecule has 9 heteroatoms. The number of urea groups is 1. The number of aromatic nitrogens is 1. The van der Waals surface area contributed by atoms with E-state index in [4.69, 9.17) is 0 Å². The van der Waals surface area contributed by atoms with Crippen molar-refractivity contribution >= 4 is 17.6 Å². The van der Waals surface area contributed by atoms with Crippen LogP contribution >= 0.6 is 0 Å². The first-order chi connectivity index (χ1) is 14.3. The molecule has 3 heterocycles. The molecule has 2 aromatic rings. The Balaban J connectivity index is 1.39. The van der Waals surface area contributed by atoms with Gasteiger partial charge >= 0.3 is 6.03 Å². The van der Waals surface area contributed by atoms with Crippen LogP contribution in [0.2, 0.25) is 0 Å². The van der Waals surface area contributed by atoms with Crippen molar-refractivity contribution in [3.63, 3.8) is 0 Å². The zero-order valence-electron chi connectivity index (χ0n) is 16.4. The van der Waals surface area contributed by atoms with Crippen LogP contribution in [0.4, 0.5) is 19.3 Å². The summed E-state index contributed by atoms with van der Waals surface area (Å²) in [7, 11) is 0. The van der Waals surface area contributed by atoms with E-state index in [1.54, 1.807) is 21.6 Å². The van der Waals surface area contributed by atoms with Crippen molar-refractivity contribution in [2.75, 3.05) is 18.4 Å². The minimum atomic E-state index is -1.07. The Kier molecular flexibility index (Phi) is 5.27. The summed E-state index contributed by atoms with van der Waals surface area (Å²) in [5.41, 5.74) is 1.01. The average Bonchev–Trinajstić information content (AvgIpc) is 2.71. The minimum Gasteiger partial charge on any atom is -0.326 e. The molecule has 3 atom stereocenters. The lowest BCUT2D eigenvalue weighted by molar-refractivity contribution is -0.117. The molecular formula is C21H22F2N4O3. The van der Waals surface area contributed by atoms with Crippen LogP contribution in [0.5, 0.6) is 0 Å². The molecule has 2 aliphatic heterocycles. The van der Waals surface area contributed by atoms with Gasteiger partial charge in [-0.15, -0.1) is 0 Å². The summed E-state index contributed by atoms with van der Waals surface area (Å²) in [4.78, 5) is 38.8. The van der Waals surface area contributed by atoms with Crippen LogP contribution in [0.25, 0.3) is 0 Å². The van der Waals surface area contributed by atoms with E-state index in [2.05, 4.69) is 10.6 Å². The third kappa shape index (κ3) is 3.92. The highest BCUT2D eigenvalue weighted by molar-refractivity contribution is 5.96. The van der Waals surface area contributed by atoms with Crippen LogP contribution in [0.3, 0.4) is 0 Å². The first kappa shape index (κ1) is 20.1. The number of halogens is 2. The lowest BCUT2D eigenvalue weighted by Crippen LogP contribution is -2.54. The number of rotatable bonds is 3. The highest BCUT2D eigenvalue weighted by atomic mass is 19.2. The van der Waals surface area contributed by atoms with Gasteiger partial charge in [0.1, 0.15) is 6.04 Å². The molecule has 7 nitrogen and oxygen atoms in total. The summed E-state index contributed by atoms with van der Waals surface area (Å²) < 4.78 is 28.1. The number of anilines is 1. The second-order valence-corrected chi connectivity index (χ2v) is 7.89. The van der Waals surface area contributed by atoms with Crippen LogP contribution in [-0.4, -0.2) is 40.5 Å². The lowest BCUT2D eigenvalue weighted by atomic mass is 9.83. The Labute approximate surface area is 171 Å². The van der Waals surface area contributed by atoms with Gasteiger partial charge in [-0.25, -0.2) is 13.6 Å². The fourth-order valence-corrected chi connectivity index (χ4v) is 4.23. The topological polar surface area (TPSA) is 83.4 Å². The fraction of sp³-hybridized carbons (Fsp3) is 0.381. The Bertz CT molecular complexity index is 1050. The monoisotopic (exact) mass is 416 g/mol. The first-order valence-corrected chi connectivity index (χ1v) is 9.83. The van der Waals surface area contributed by atoms with Gasteiger partial charge in [0, 0.05) is 49.1 Å². The van der Waals surface area contributed by atoms with Gasteiger partial charge in [0.05, 0.1) is 0 Å². The van der Waals surface area contributed by atoms with Crippen molar-refractivity contribution in [1.29, 1.82) is 0 Å². The predicted octanol–water partition coefficient (Wildman–Crippen LogP) is 2.28. The van der Waals surface area contributed by atoms with Gasteiger partial charge in [-0.05, 0) is 37.5 Å². The Hall–Kier alpha value is -3.23. The molecule has 0 radical (unpaired) electrons. The number of hydrogen-bond donors (Lipinski definition) is 2. The minimum absolute atomic E-state index is 0.0253. The van der Waals surface area contributed by atoms with E-state index in [1.165, 1.54) is 13.0 Å². The van der Waals surface area contributed by atoms with Gasteiger partial charge in [0.2, 0.25) is 5.91 Å². The molecule has 4 rings (SSSR count). The first-order valence-electron chi connectivity index (χ1n) is 9.83. The molecule has 2 N–H and O–H groups in total. The van der Waals surface area contributed by atoms with Gasteiger partial charge in [0.25, 0.3) is 5.56 Å². The van der Waals surface area contributed by atoms with Crippen molar-refractivity contribution < 1.29 is 18.4 Å². The SMILES string of the molecule is C[C@H](NC(=O)N1C[C@@H]2C[C@H](C1)c1cccc(=O)n1C2)C(=O)Nc1ccc(F)c(F)c1. The zero-order chi connectivity index (χ0) is 21.4. The summed E-state index contributed by atoms with van der Waals surface area (Å²) in [6.07, 6.45) is 0.916. The number of nitrogens with one attached hydrogen (secondary N) is 2. The molecule has 1 aromatic carbocycles. The van der Waals surface area contributed by atoms with Gasteiger partial charge < -0.3 is 20.1 Å². The molecule has 1 aromatic heterocycles. The molecule has 0 unspecified atom stereocenters. The molecule has 0 aliphatic carbocycles. The fourth-order valence-electron chi connectivity index (χ4n) is 4.23. The molecule has 2 bridgehead atoms. The van der Waals surface area contributed by atoms with Crippen LogP contribution in [0.1, 0.15) is 25.0 Å². The third-order valence-electron chi connectivity index (χ3n) is 5.69. The Morgan fingerprint density at radius 2 is 1.90 bits per heavy atom. The number of benzene rings is 1. The lowest BCUT2D eigenvalue weighted by Gasteiger charge is -2.42. The molecule has 3 amide bonds.